The number of nitrogens with two attached hydrogens (primary N) is 1. The van der Waals surface area contributed by atoms with Gasteiger partial charge in [0.05, 0.1) is 16.3 Å². The average Bonchev–Trinajstić information content (AvgIpc) is 2.72. The monoisotopic (exact) mass is 277 g/mol. The number of sulfone groups is 1. The van der Waals surface area contributed by atoms with Crippen molar-refractivity contribution in [3.05, 3.63) is 30.5 Å². The zero-order valence-corrected chi connectivity index (χ0v) is 11.2. The van der Waals surface area contributed by atoms with Crippen molar-refractivity contribution in [1.82, 2.24) is 10.2 Å². The lowest BCUT2D eigenvalue weighted by Gasteiger charge is -2.26. The van der Waals surface area contributed by atoms with E-state index in [1.807, 2.05) is 6.07 Å². The molecule has 1 fully saturated rings. The number of nitrogens with one attached hydrogen (secondary N) is 1. The van der Waals surface area contributed by atoms with Crippen molar-refractivity contribution in [2.75, 3.05) is 5.73 Å². The Morgan fingerprint density at radius 2 is 1.95 bits per heavy atom. The minimum atomic E-state index is -3.27. The predicted molar refractivity (Wildman–Crippen MR) is 73.3 cm³/mol. The lowest BCUT2D eigenvalue weighted by molar-refractivity contribution is 0.477. The molecule has 0 aliphatic heterocycles. The van der Waals surface area contributed by atoms with E-state index in [9.17, 15) is 8.42 Å². The summed E-state index contributed by atoms with van der Waals surface area (Å²) in [5.74, 6) is 0.385. The summed E-state index contributed by atoms with van der Waals surface area (Å²) in [6.07, 6.45) is 4.04. The van der Waals surface area contributed by atoms with Crippen LogP contribution < -0.4 is 5.73 Å². The highest BCUT2D eigenvalue weighted by molar-refractivity contribution is 7.92. The molecule has 0 radical (unpaired) electrons. The largest absolute Gasteiger partial charge is 0.384 e. The summed E-state index contributed by atoms with van der Waals surface area (Å²) in [5.41, 5.74) is 7.06. The predicted octanol–water partition coefficient (Wildman–Crippen LogP) is 1.99. The number of aromatic nitrogens is 2. The van der Waals surface area contributed by atoms with Gasteiger partial charge in [-0.25, -0.2) is 8.42 Å². The smallest absolute Gasteiger partial charge is 0.181 e. The van der Waals surface area contributed by atoms with E-state index in [2.05, 4.69) is 10.2 Å². The van der Waals surface area contributed by atoms with Crippen molar-refractivity contribution < 1.29 is 8.42 Å². The van der Waals surface area contributed by atoms with E-state index in [1.54, 1.807) is 24.4 Å². The molecule has 1 heterocycles. The van der Waals surface area contributed by atoms with Crippen LogP contribution in [0.5, 0.6) is 0 Å². The molecular formula is C13H15N3O2S. The zero-order chi connectivity index (χ0) is 13.5. The van der Waals surface area contributed by atoms with Crippen molar-refractivity contribution >= 4 is 15.7 Å². The average molecular weight is 277 g/mol. The van der Waals surface area contributed by atoms with Crippen LogP contribution in [0, 0.1) is 0 Å². The molecule has 0 atom stereocenters. The number of anilines is 1. The van der Waals surface area contributed by atoms with Gasteiger partial charge >= 0.3 is 0 Å². The van der Waals surface area contributed by atoms with Gasteiger partial charge in [-0.1, -0.05) is 24.6 Å². The summed E-state index contributed by atoms with van der Waals surface area (Å²) in [7, 11) is -3.27. The Labute approximate surface area is 111 Å². The third-order valence-corrected chi connectivity index (χ3v) is 5.96. The molecule has 3 N–H and O–H groups in total. The van der Waals surface area contributed by atoms with E-state index < -0.39 is 9.84 Å². The maximum Gasteiger partial charge on any atom is 0.181 e. The molecule has 0 unspecified atom stereocenters. The summed E-state index contributed by atoms with van der Waals surface area (Å²) < 4.78 is 25.1. The van der Waals surface area contributed by atoms with Crippen molar-refractivity contribution in [3.63, 3.8) is 0 Å². The van der Waals surface area contributed by atoms with Gasteiger partial charge in [-0.05, 0) is 18.9 Å². The molecular weight excluding hydrogens is 262 g/mol. The van der Waals surface area contributed by atoms with E-state index >= 15 is 0 Å². The van der Waals surface area contributed by atoms with Crippen LogP contribution in [0.15, 0.2) is 35.4 Å². The zero-order valence-electron chi connectivity index (χ0n) is 10.3. The third-order valence-electron chi connectivity index (χ3n) is 3.64. The second kappa shape index (κ2) is 4.38. The van der Waals surface area contributed by atoms with Crippen LogP contribution in [-0.2, 0) is 9.84 Å². The maximum absolute atomic E-state index is 12.6. The van der Waals surface area contributed by atoms with E-state index in [-0.39, 0.29) is 5.25 Å². The van der Waals surface area contributed by atoms with Gasteiger partial charge in [-0.2, -0.15) is 5.10 Å². The van der Waals surface area contributed by atoms with Crippen molar-refractivity contribution in [1.29, 1.82) is 0 Å². The summed E-state index contributed by atoms with van der Waals surface area (Å²) in [5, 5.41) is 6.24. The maximum atomic E-state index is 12.6. The Kier molecular flexibility index (Phi) is 2.82. The quantitative estimate of drug-likeness (QED) is 0.897. The molecule has 100 valence electrons. The minimum Gasteiger partial charge on any atom is -0.384 e. The normalized spacial score (nSPS) is 16.2. The van der Waals surface area contributed by atoms with Crippen LogP contribution in [0.25, 0.3) is 11.1 Å². The van der Waals surface area contributed by atoms with Crippen LogP contribution in [0.1, 0.15) is 19.3 Å². The molecule has 6 heteroatoms. The van der Waals surface area contributed by atoms with E-state index in [1.165, 1.54) is 0 Å². The molecule has 0 saturated heterocycles. The van der Waals surface area contributed by atoms with Crippen LogP contribution in [0.3, 0.4) is 0 Å². The molecule has 0 amide bonds. The fourth-order valence-electron chi connectivity index (χ4n) is 2.31. The molecule has 2 aromatic rings. The Balaban J connectivity index is 2.15. The Bertz CT molecular complexity index is 702. The number of hydrogen-bond donors (Lipinski definition) is 2. The van der Waals surface area contributed by atoms with E-state index in [4.69, 9.17) is 5.73 Å². The Hall–Kier alpha value is -1.82. The standard InChI is InChI=1S/C13H15N3O2S/c14-13-11(8-15-16-13)10-6-1-2-7-12(10)19(17,18)9-4-3-5-9/h1-2,6-9H,3-5H2,(H3,14,15,16). The number of rotatable bonds is 3. The minimum absolute atomic E-state index is 0.248. The Morgan fingerprint density at radius 1 is 1.21 bits per heavy atom. The first kappa shape index (κ1) is 12.2. The molecule has 19 heavy (non-hydrogen) atoms. The molecule has 1 aliphatic rings. The van der Waals surface area contributed by atoms with Crippen molar-refractivity contribution in [2.45, 2.75) is 29.4 Å². The van der Waals surface area contributed by atoms with Gasteiger partial charge in [0.2, 0.25) is 0 Å². The van der Waals surface area contributed by atoms with Gasteiger partial charge in [-0.3, -0.25) is 5.10 Å². The van der Waals surface area contributed by atoms with Crippen molar-refractivity contribution in [3.8, 4) is 11.1 Å². The number of benzene rings is 1. The van der Waals surface area contributed by atoms with Crippen molar-refractivity contribution in [2.24, 2.45) is 0 Å². The summed E-state index contributed by atoms with van der Waals surface area (Å²) in [6.45, 7) is 0. The molecule has 0 bridgehead atoms. The lowest BCUT2D eigenvalue weighted by Crippen LogP contribution is -2.28. The second-order valence-corrected chi connectivity index (χ2v) is 6.99. The number of nitrogens with zero attached hydrogens (tertiary/aromatic N) is 1. The van der Waals surface area contributed by atoms with Gasteiger partial charge in [0.1, 0.15) is 5.82 Å². The van der Waals surface area contributed by atoms with Crippen LogP contribution in [0.4, 0.5) is 5.82 Å². The van der Waals surface area contributed by atoms with Gasteiger partial charge in [0.25, 0.3) is 0 Å². The van der Waals surface area contributed by atoms with Gasteiger partial charge in [-0.15, -0.1) is 0 Å². The highest BCUT2D eigenvalue weighted by atomic mass is 32.2. The summed E-state index contributed by atoms with van der Waals surface area (Å²) >= 11 is 0. The van der Waals surface area contributed by atoms with Crippen LogP contribution in [-0.4, -0.2) is 23.9 Å². The Morgan fingerprint density at radius 3 is 2.53 bits per heavy atom. The first-order valence-corrected chi connectivity index (χ1v) is 7.77. The molecule has 1 aromatic carbocycles. The second-order valence-electron chi connectivity index (χ2n) is 4.79. The van der Waals surface area contributed by atoms with Gasteiger partial charge < -0.3 is 5.73 Å². The highest BCUT2D eigenvalue weighted by Gasteiger charge is 2.34. The number of hydrogen-bond acceptors (Lipinski definition) is 4. The lowest BCUT2D eigenvalue weighted by atomic mass is 10.00. The third kappa shape index (κ3) is 1.92. The fraction of sp³-hybridized carbons (Fsp3) is 0.308. The summed E-state index contributed by atoms with van der Waals surface area (Å²) in [6, 6.07) is 6.97. The first-order valence-electron chi connectivity index (χ1n) is 6.23. The van der Waals surface area contributed by atoms with E-state index in [0.29, 0.717) is 21.8 Å². The number of aromatic amines is 1. The number of H-pyrrole nitrogens is 1. The SMILES string of the molecule is Nc1[nH]ncc1-c1ccccc1S(=O)(=O)C1CCC1. The highest BCUT2D eigenvalue weighted by Crippen LogP contribution is 2.37. The molecule has 5 nitrogen and oxygen atoms in total. The topological polar surface area (TPSA) is 88.8 Å². The molecule has 1 saturated carbocycles. The summed E-state index contributed by atoms with van der Waals surface area (Å²) in [4.78, 5) is 0.354. The van der Waals surface area contributed by atoms with Gasteiger partial charge in [0.15, 0.2) is 9.84 Å². The van der Waals surface area contributed by atoms with E-state index in [0.717, 1.165) is 19.3 Å². The first-order chi connectivity index (χ1) is 9.10. The molecule has 0 spiro atoms. The van der Waals surface area contributed by atoms with Gasteiger partial charge in [0, 0.05) is 11.1 Å². The number of nitrogen functional groups attached to an aromatic ring is 1. The molecule has 3 rings (SSSR count). The van der Waals surface area contributed by atoms with Crippen LogP contribution >= 0.6 is 0 Å². The molecule has 1 aromatic heterocycles. The fourth-order valence-corrected chi connectivity index (χ4v) is 4.37. The molecule has 1 aliphatic carbocycles. The van der Waals surface area contributed by atoms with Crippen LogP contribution in [0.2, 0.25) is 0 Å².